The summed E-state index contributed by atoms with van der Waals surface area (Å²) in [4.78, 5) is 4.72. The van der Waals surface area contributed by atoms with Crippen LogP contribution in [0.3, 0.4) is 0 Å². The molecule has 0 unspecified atom stereocenters. The average Bonchev–Trinajstić information content (AvgIpc) is 2.80. The second kappa shape index (κ2) is 9.51. The normalized spacial score (nSPS) is 11.9. The summed E-state index contributed by atoms with van der Waals surface area (Å²) in [6.45, 7) is 6.30. The first-order valence-corrected chi connectivity index (χ1v) is 12.1. The maximum absolute atomic E-state index is 10.8. The SMILES string of the molecule is CC(C)(C)c1cccc(C=Nc2cccc(P(c3ccccc3)c3ccccc3)c2)c1O. The summed E-state index contributed by atoms with van der Waals surface area (Å²) in [6, 6.07) is 35.6. The van der Waals surface area contributed by atoms with Gasteiger partial charge >= 0.3 is 0 Å². The number of phenolic OH excluding ortho intramolecular Hbond substituents is 1. The largest absolute Gasteiger partial charge is 0.507 e. The van der Waals surface area contributed by atoms with E-state index in [1.165, 1.54) is 15.9 Å². The Morgan fingerprint density at radius 1 is 0.688 bits per heavy atom. The number of nitrogens with zero attached hydrogens (tertiary/aromatic N) is 1. The maximum atomic E-state index is 10.8. The molecule has 0 aliphatic heterocycles. The molecule has 3 heteroatoms. The van der Waals surface area contributed by atoms with Gasteiger partial charge in [0.15, 0.2) is 0 Å². The molecule has 0 aliphatic rings. The first-order chi connectivity index (χ1) is 15.4. The molecule has 2 nitrogen and oxygen atoms in total. The van der Waals surface area contributed by atoms with Gasteiger partial charge < -0.3 is 5.11 Å². The number of benzene rings is 4. The van der Waals surface area contributed by atoms with Gasteiger partial charge in [0.1, 0.15) is 5.75 Å². The van der Waals surface area contributed by atoms with Gasteiger partial charge in [-0.15, -0.1) is 0 Å². The van der Waals surface area contributed by atoms with Crippen LogP contribution in [0.4, 0.5) is 5.69 Å². The third kappa shape index (κ3) is 4.98. The lowest BCUT2D eigenvalue weighted by molar-refractivity contribution is 0.446. The van der Waals surface area contributed by atoms with E-state index >= 15 is 0 Å². The molecule has 0 saturated heterocycles. The van der Waals surface area contributed by atoms with Crippen molar-refractivity contribution in [2.45, 2.75) is 26.2 Å². The van der Waals surface area contributed by atoms with Crippen LogP contribution in [-0.4, -0.2) is 11.3 Å². The van der Waals surface area contributed by atoms with E-state index in [4.69, 9.17) is 4.99 Å². The van der Waals surface area contributed by atoms with E-state index in [2.05, 4.69) is 99.6 Å². The molecule has 0 atom stereocenters. The van der Waals surface area contributed by atoms with Gasteiger partial charge in [0.05, 0.1) is 5.69 Å². The summed E-state index contributed by atoms with van der Waals surface area (Å²) in [5, 5.41) is 14.6. The fourth-order valence-corrected chi connectivity index (χ4v) is 6.06. The molecule has 0 amide bonds. The van der Waals surface area contributed by atoms with E-state index in [0.29, 0.717) is 5.75 Å². The highest BCUT2D eigenvalue weighted by atomic mass is 31.1. The Morgan fingerprint density at radius 3 is 1.84 bits per heavy atom. The lowest BCUT2D eigenvalue weighted by Crippen LogP contribution is -2.20. The number of hydrogen-bond donors (Lipinski definition) is 1. The predicted molar refractivity (Wildman–Crippen MR) is 139 cm³/mol. The topological polar surface area (TPSA) is 32.6 Å². The number of para-hydroxylation sites is 1. The molecule has 4 rings (SSSR count). The molecule has 0 heterocycles. The molecular formula is C29H28NOP. The molecule has 4 aromatic carbocycles. The number of rotatable bonds is 5. The van der Waals surface area contributed by atoms with Gasteiger partial charge in [-0.2, -0.15) is 0 Å². The highest BCUT2D eigenvalue weighted by Crippen LogP contribution is 2.34. The van der Waals surface area contributed by atoms with Crippen LogP contribution in [0.2, 0.25) is 0 Å². The summed E-state index contributed by atoms with van der Waals surface area (Å²) in [6.07, 6.45) is 1.76. The summed E-state index contributed by atoms with van der Waals surface area (Å²) >= 11 is 0. The quantitative estimate of drug-likeness (QED) is 0.293. The molecule has 0 radical (unpaired) electrons. The van der Waals surface area contributed by atoms with Crippen molar-refractivity contribution in [3.63, 3.8) is 0 Å². The van der Waals surface area contributed by atoms with Crippen molar-refractivity contribution in [3.05, 3.63) is 114 Å². The second-order valence-corrected chi connectivity index (χ2v) is 11.0. The average molecular weight is 438 g/mol. The van der Waals surface area contributed by atoms with E-state index < -0.39 is 7.92 Å². The van der Waals surface area contributed by atoms with Crippen LogP contribution in [0.15, 0.2) is 108 Å². The van der Waals surface area contributed by atoms with Crippen molar-refractivity contribution in [2.75, 3.05) is 0 Å². The minimum Gasteiger partial charge on any atom is -0.507 e. The molecular weight excluding hydrogens is 409 g/mol. The summed E-state index contributed by atoms with van der Waals surface area (Å²) in [5.41, 5.74) is 2.40. The van der Waals surface area contributed by atoms with Gasteiger partial charge in [-0.05, 0) is 53.0 Å². The monoisotopic (exact) mass is 437 g/mol. The van der Waals surface area contributed by atoms with Crippen molar-refractivity contribution in [1.29, 1.82) is 0 Å². The number of phenols is 1. The summed E-state index contributed by atoms with van der Waals surface area (Å²) in [5.74, 6) is 0.302. The third-order valence-electron chi connectivity index (χ3n) is 5.34. The number of aromatic hydroxyl groups is 1. The molecule has 0 spiro atoms. The Balaban J connectivity index is 1.70. The van der Waals surface area contributed by atoms with Crippen molar-refractivity contribution in [2.24, 2.45) is 4.99 Å². The standard InChI is InChI=1S/C29H28NOP/c1-29(2,3)27-19-10-12-22(28(27)31)21-30-23-13-11-18-26(20-23)32(24-14-6-4-7-15-24)25-16-8-5-9-17-25/h4-21,31H,1-3H3. The molecule has 0 aliphatic carbocycles. The molecule has 0 bridgehead atoms. The van der Waals surface area contributed by atoms with Crippen molar-refractivity contribution < 1.29 is 5.11 Å². The summed E-state index contributed by atoms with van der Waals surface area (Å²) in [7, 11) is -0.677. The predicted octanol–water partition coefficient (Wildman–Crippen LogP) is 6.20. The number of aliphatic imine (C=N–C) groups is 1. The van der Waals surface area contributed by atoms with E-state index in [1.54, 1.807) is 6.21 Å². The van der Waals surface area contributed by atoms with E-state index in [9.17, 15) is 5.11 Å². The van der Waals surface area contributed by atoms with E-state index in [1.807, 2.05) is 24.3 Å². The van der Waals surface area contributed by atoms with Crippen LogP contribution < -0.4 is 15.9 Å². The Kier molecular flexibility index (Phi) is 6.53. The Hall–Kier alpha value is -3.22. The fourth-order valence-electron chi connectivity index (χ4n) is 3.73. The van der Waals surface area contributed by atoms with Gasteiger partial charge in [-0.25, -0.2) is 0 Å². The minimum absolute atomic E-state index is 0.130. The zero-order valence-electron chi connectivity index (χ0n) is 18.7. The maximum Gasteiger partial charge on any atom is 0.128 e. The zero-order chi connectivity index (χ0) is 22.6. The Bertz CT molecular complexity index is 1170. The molecule has 1 N–H and O–H groups in total. The lowest BCUT2D eigenvalue weighted by Gasteiger charge is -2.21. The smallest absolute Gasteiger partial charge is 0.128 e. The molecule has 160 valence electrons. The van der Waals surface area contributed by atoms with Crippen LogP contribution in [-0.2, 0) is 5.41 Å². The Labute approximate surface area is 192 Å². The van der Waals surface area contributed by atoms with Gasteiger partial charge in [0.25, 0.3) is 0 Å². The van der Waals surface area contributed by atoms with Gasteiger partial charge in [-0.1, -0.05) is 106 Å². The van der Waals surface area contributed by atoms with Crippen molar-refractivity contribution >= 4 is 35.7 Å². The lowest BCUT2D eigenvalue weighted by atomic mass is 9.85. The van der Waals surface area contributed by atoms with E-state index in [0.717, 1.165) is 16.8 Å². The van der Waals surface area contributed by atoms with Crippen molar-refractivity contribution in [1.82, 2.24) is 0 Å². The first kappa shape index (κ1) is 22.0. The molecule has 0 fully saturated rings. The molecule has 0 saturated carbocycles. The first-order valence-electron chi connectivity index (χ1n) is 10.8. The van der Waals surface area contributed by atoms with Crippen LogP contribution in [0.1, 0.15) is 31.9 Å². The van der Waals surface area contributed by atoms with Crippen LogP contribution in [0.25, 0.3) is 0 Å². The van der Waals surface area contributed by atoms with Gasteiger partial charge in [-0.3, -0.25) is 4.99 Å². The minimum atomic E-state index is -0.677. The highest BCUT2D eigenvalue weighted by molar-refractivity contribution is 7.79. The van der Waals surface area contributed by atoms with Gasteiger partial charge in [0, 0.05) is 11.8 Å². The third-order valence-corrected chi connectivity index (χ3v) is 7.77. The molecule has 4 aromatic rings. The molecule has 0 aromatic heterocycles. The van der Waals surface area contributed by atoms with Gasteiger partial charge in [0.2, 0.25) is 0 Å². The zero-order valence-corrected chi connectivity index (χ0v) is 19.6. The van der Waals surface area contributed by atoms with Crippen LogP contribution >= 0.6 is 7.92 Å². The second-order valence-electron chi connectivity index (χ2n) is 8.78. The van der Waals surface area contributed by atoms with Crippen LogP contribution in [0.5, 0.6) is 5.75 Å². The fraction of sp³-hybridized carbons (Fsp3) is 0.138. The number of hydrogen-bond acceptors (Lipinski definition) is 2. The highest BCUT2D eigenvalue weighted by Gasteiger charge is 2.19. The van der Waals surface area contributed by atoms with Crippen LogP contribution in [0, 0.1) is 0 Å². The Morgan fingerprint density at radius 2 is 1.25 bits per heavy atom. The van der Waals surface area contributed by atoms with E-state index in [-0.39, 0.29) is 5.41 Å². The van der Waals surface area contributed by atoms with Crippen molar-refractivity contribution in [3.8, 4) is 5.75 Å². The molecule has 32 heavy (non-hydrogen) atoms. The summed E-state index contributed by atoms with van der Waals surface area (Å²) < 4.78 is 0.